The molecular formula is C19H17N3O4. The van der Waals surface area contributed by atoms with Gasteiger partial charge in [-0.3, -0.25) is 14.9 Å². The van der Waals surface area contributed by atoms with Gasteiger partial charge in [-0.25, -0.2) is 0 Å². The van der Waals surface area contributed by atoms with Crippen molar-refractivity contribution in [3.63, 3.8) is 0 Å². The summed E-state index contributed by atoms with van der Waals surface area (Å²) < 4.78 is 6.11. The standard InChI is InChI=1S/C19H17N3O4/c1-3-21-17-14(5-4-6-15(17)22(24)25)20-10-13-18(23)12-9-11(2)7-8-16(12)26-19(13)21/h4-10,19-20H,3H2,1-2H3. The third kappa shape index (κ3) is 2.32. The molecule has 0 saturated heterocycles. The van der Waals surface area contributed by atoms with E-state index >= 15 is 0 Å². The van der Waals surface area contributed by atoms with E-state index in [1.165, 1.54) is 6.07 Å². The lowest BCUT2D eigenvalue weighted by atomic mass is 9.96. The smallest absolute Gasteiger partial charge is 0.294 e. The number of anilines is 2. The minimum absolute atomic E-state index is 0.0303. The number of aryl methyl sites for hydroxylation is 1. The van der Waals surface area contributed by atoms with Gasteiger partial charge in [-0.1, -0.05) is 17.7 Å². The van der Waals surface area contributed by atoms with Crippen molar-refractivity contribution in [1.82, 2.24) is 0 Å². The van der Waals surface area contributed by atoms with Gasteiger partial charge in [-0.05, 0) is 32.0 Å². The Balaban J connectivity index is 1.90. The van der Waals surface area contributed by atoms with Crippen LogP contribution in [0.2, 0.25) is 0 Å². The van der Waals surface area contributed by atoms with Gasteiger partial charge >= 0.3 is 0 Å². The number of benzene rings is 2. The van der Waals surface area contributed by atoms with Crippen LogP contribution in [0.5, 0.6) is 5.75 Å². The largest absolute Gasteiger partial charge is 0.465 e. The number of nitrogens with zero attached hydrogens (tertiary/aromatic N) is 2. The number of Topliss-reactive ketones (excluding diaryl/α,β-unsaturated/α-hetero) is 1. The number of carbonyl (C=O) groups is 1. The van der Waals surface area contributed by atoms with E-state index in [9.17, 15) is 14.9 Å². The Bertz CT molecular complexity index is 967. The van der Waals surface area contributed by atoms with E-state index in [1.54, 1.807) is 35.4 Å². The number of carbonyl (C=O) groups excluding carboxylic acids is 1. The highest BCUT2D eigenvalue weighted by atomic mass is 16.6. The molecule has 2 aromatic carbocycles. The van der Waals surface area contributed by atoms with Gasteiger partial charge in [-0.2, -0.15) is 0 Å². The summed E-state index contributed by atoms with van der Waals surface area (Å²) in [5.74, 6) is 0.351. The fraction of sp³-hybridized carbons (Fsp3) is 0.211. The predicted molar refractivity (Wildman–Crippen MR) is 97.7 cm³/mol. The Kier molecular flexibility index (Phi) is 3.64. The van der Waals surface area contributed by atoms with Crippen molar-refractivity contribution < 1.29 is 14.5 Å². The van der Waals surface area contributed by atoms with Gasteiger partial charge in [0.25, 0.3) is 5.69 Å². The summed E-state index contributed by atoms with van der Waals surface area (Å²) in [5.41, 5.74) is 2.85. The van der Waals surface area contributed by atoms with Gasteiger partial charge < -0.3 is 15.0 Å². The summed E-state index contributed by atoms with van der Waals surface area (Å²) in [6.07, 6.45) is 0.869. The van der Waals surface area contributed by atoms with E-state index in [0.717, 1.165) is 5.56 Å². The number of nitrogens with one attached hydrogen (secondary N) is 1. The molecule has 26 heavy (non-hydrogen) atoms. The number of hydrogen-bond acceptors (Lipinski definition) is 6. The first kappa shape index (κ1) is 16.1. The molecular weight excluding hydrogens is 334 g/mol. The number of nitro groups is 1. The first-order chi connectivity index (χ1) is 12.5. The molecule has 1 atom stereocenters. The molecule has 0 bridgehead atoms. The van der Waals surface area contributed by atoms with Gasteiger partial charge in [0.15, 0.2) is 5.78 Å². The number of fused-ring (bicyclic) bond motifs is 3. The molecule has 0 aromatic heterocycles. The highest BCUT2D eigenvalue weighted by Crippen LogP contribution is 2.42. The summed E-state index contributed by atoms with van der Waals surface area (Å²) >= 11 is 0. The van der Waals surface area contributed by atoms with E-state index in [1.807, 2.05) is 19.9 Å². The molecule has 4 rings (SSSR count). The number of ketones is 1. The van der Waals surface area contributed by atoms with Crippen LogP contribution in [0.15, 0.2) is 48.2 Å². The Labute approximate surface area is 150 Å². The minimum Gasteiger partial charge on any atom is -0.465 e. The summed E-state index contributed by atoms with van der Waals surface area (Å²) in [7, 11) is 0. The third-order valence-electron chi connectivity index (χ3n) is 4.65. The summed E-state index contributed by atoms with van der Waals surface area (Å²) in [6, 6.07) is 10.3. The Hall–Kier alpha value is -3.35. The fourth-order valence-electron chi connectivity index (χ4n) is 3.44. The van der Waals surface area contributed by atoms with E-state index in [0.29, 0.717) is 34.8 Å². The van der Waals surface area contributed by atoms with Crippen molar-refractivity contribution in [2.45, 2.75) is 20.1 Å². The second-order valence-electron chi connectivity index (χ2n) is 6.26. The fourth-order valence-corrected chi connectivity index (χ4v) is 3.44. The second kappa shape index (κ2) is 5.87. The first-order valence-corrected chi connectivity index (χ1v) is 8.34. The average molecular weight is 351 g/mol. The Morgan fingerprint density at radius 1 is 1.31 bits per heavy atom. The zero-order valence-electron chi connectivity index (χ0n) is 14.4. The monoisotopic (exact) mass is 351 g/mol. The van der Waals surface area contributed by atoms with Gasteiger partial charge in [0.1, 0.15) is 11.4 Å². The first-order valence-electron chi connectivity index (χ1n) is 8.34. The maximum Gasteiger partial charge on any atom is 0.294 e. The van der Waals surface area contributed by atoms with E-state index in [-0.39, 0.29) is 11.5 Å². The van der Waals surface area contributed by atoms with Gasteiger partial charge in [0.2, 0.25) is 6.23 Å². The molecule has 7 heteroatoms. The predicted octanol–water partition coefficient (Wildman–Crippen LogP) is 3.64. The Morgan fingerprint density at radius 3 is 2.85 bits per heavy atom. The van der Waals surface area contributed by atoms with Crippen LogP contribution >= 0.6 is 0 Å². The van der Waals surface area contributed by atoms with Crippen molar-refractivity contribution >= 4 is 22.8 Å². The number of likely N-dealkylation sites (N-methyl/N-ethyl adjacent to an activating group) is 1. The SMILES string of the molecule is CCN1c2c(cccc2[N+](=O)[O-])NC=C2C(=O)c3cc(C)ccc3OC21. The zero-order chi connectivity index (χ0) is 18.4. The molecule has 2 aromatic rings. The molecule has 0 aliphatic carbocycles. The number of rotatable bonds is 2. The summed E-state index contributed by atoms with van der Waals surface area (Å²) in [6.45, 7) is 4.23. The summed E-state index contributed by atoms with van der Waals surface area (Å²) in [4.78, 5) is 25.9. The maximum absolute atomic E-state index is 13.0. The van der Waals surface area contributed by atoms with Crippen LogP contribution in [0.3, 0.4) is 0 Å². The molecule has 132 valence electrons. The van der Waals surface area contributed by atoms with Crippen LogP contribution in [0, 0.1) is 17.0 Å². The molecule has 1 unspecified atom stereocenters. The van der Waals surface area contributed by atoms with Crippen LogP contribution in [-0.2, 0) is 0 Å². The van der Waals surface area contributed by atoms with Crippen molar-refractivity contribution in [2.75, 3.05) is 16.8 Å². The number of nitro benzene ring substituents is 1. The average Bonchev–Trinajstić information content (AvgIpc) is 2.78. The van der Waals surface area contributed by atoms with Crippen LogP contribution < -0.4 is 15.0 Å². The lowest BCUT2D eigenvalue weighted by Crippen LogP contribution is -2.45. The van der Waals surface area contributed by atoms with Crippen molar-refractivity contribution in [1.29, 1.82) is 0 Å². The quantitative estimate of drug-likeness (QED) is 0.657. The molecule has 0 spiro atoms. The Morgan fingerprint density at radius 2 is 2.12 bits per heavy atom. The zero-order valence-corrected chi connectivity index (χ0v) is 14.4. The molecule has 0 saturated carbocycles. The number of ether oxygens (including phenoxy) is 1. The highest BCUT2D eigenvalue weighted by molar-refractivity contribution is 6.13. The molecule has 7 nitrogen and oxygen atoms in total. The highest BCUT2D eigenvalue weighted by Gasteiger charge is 2.40. The topological polar surface area (TPSA) is 84.7 Å². The van der Waals surface area contributed by atoms with E-state index < -0.39 is 11.2 Å². The minimum atomic E-state index is -0.724. The van der Waals surface area contributed by atoms with Crippen LogP contribution in [-0.4, -0.2) is 23.5 Å². The molecule has 0 fully saturated rings. The maximum atomic E-state index is 13.0. The third-order valence-corrected chi connectivity index (χ3v) is 4.65. The van der Waals surface area contributed by atoms with E-state index in [4.69, 9.17) is 4.74 Å². The number of para-hydroxylation sites is 1. The van der Waals surface area contributed by atoms with Gasteiger partial charge in [0.05, 0.1) is 21.7 Å². The lowest BCUT2D eigenvalue weighted by Gasteiger charge is -2.35. The lowest BCUT2D eigenvalue weighted by molar-refractivity contribution is -0.384. The van der Waals surface area contributed by atoms with Crippen LogP contribution in [0.25, 0.3) is 0 Å². The van der Waals surface area contributed by atoms with Crippen molar-refractivity contribution in [3.05, 3.63) is 69.4 Å². The summed E-state index contributed by atoms with van der Waals surface area (Å²) in [5, 5.41) is 14.6. The molecule has 0 amide bonds. The molecule has 1 N–H and O–H groups in total. The van der Waals surface area contributed by atoms with Crippen LogP contribution in [0.4, 0.5) is 17.1 Å². The van der Waals surface area contributed by atoms with E-state index in [2.05, 4.69) is 5.32 Å². The van der Waals surface area contributed by atoms with Crippen molar-refractivity contribution in [3.8, 4) is 5.75 Å². The molecule has 2 heterocycles. The number of hydrogen-bond donors (Lipinski definition) is 1. The molecule has 0 radical (unpaired) electrons. The van der Waals surface area contributed by atoms with Crippen molar-refractivity contribution in [2.24, 2.45) is 0 Å². The second-order valence-corrected chi connectivity index (χ2v) is 6.26. The van der Waals surface area contributed by atoms with Gasteiger partial charge in [-0.15, -0.1) is 0 Å². The normalized spacial score (nSPS) is 17.8. The van der Waals surface area contributed by atoms with Crippen LogP contribution in [0.1, 0.15) is 22.8 Å². The van der Waals surface area contributed by atoms with Gasteiger partial charge in [0, 0.05) is 18.8 Å². The molecule has 2 aliphatic heterocycles. The molecule has 2 aliphatic rings.